The summed E-state index contributed by atoms with van der Waals surface area (Å²) in [6.45, 7) is 3.71. The van der Waals surface area contributed by atoms with E-state index in [1.54, 1.807) is 31.2 Å². The number of hydrogen-bond acceptors (Lipinski definition) is 5. The number of carbonyl (C=O) groups is 2. The molecule has 2 rings (SSSR count). The van der Waals surface area contributed by atoms with Gasteiger partial charge in [0.1, 0.15) is 12.4 Å². The van der Waals surface area contributed by atoms with Crippen LogP contribution in [0.4, 0.5) is 0 Å². The number of rotatable bonds is 6. The van der Waals surface area contributed by atoms with Crippen LogP contribution in [-0.2, 0) is 6.54 Å². The van der Waals surface area contributed by atoms with Gasteiger partial charge in [-0.25, -0.2) is 9.48 Å². The van der Waals surface area contributed by atoms with Crippen LogP contribution in [0, 0.1) is 6.92 Å². The van der Waals surface area contributed by atoms with Gasteiger partial charge >= 0.3 is 5.97 Å². The summed E-state index contributed by atoms with van der Waals surface area (Å²) in [5, 5.41) is 16.3. The third-order valence-electron chi connectivity index (χ3n) is 3.01. The molecule has 7 nitrogen and oxygen atoms in total. The van der Waals surface area contributed by atoms with Crippen LogP contribution in [0.15, 0.2) is 24.3 Å². The van der Waals surface area contributed by atoms with Crippen LogP contribution >= 0.6 is 0 Å². The first-order valence-corrected chi connectivity index (χ1v) is 6.37. The maximum absolute atomic E-state index is 11.5. The van der Waals surface area contributed by atoms with E-state index in [9.17, 15) is 9.59 Å². The van der Waals surface area contributed by atoms with Crippen LogP contribution in [0.25, 0.3) is 0 Å². The third kappa shape index (κ3) is 3.25. The monoisotopic (exact) mass is 289 g/mol. The van der Waals surface area contributed by atoms with Gasteiger partial charge in [0.15, 0.2) is 11.5 Å². The molecular weight excluding hydrogens is 274 g/mol. The number of hydrogen-bond donors (Lipinski definition) is 1. The fourth-order valence-electron chi connectivity index (χ4n) is 1.90. The van der Waals surface area contributed by atoms with Crippen molar-refractivity contribution in [2.24, 2.45) is 0 Å². The average Bonchev–Trinajstić information content (AvgIpc) is 2.81. The number of carboxylic acids is 1. The predicted molar refractivity (Wildman–Crippen MR) is 73.7 cm³/mol. The highest BCUT2D eigenvalue weighted by atomic mass is 16.5. The van der Waals surface area contributed by atoms with E-state index in [-0.39, 0.29) is 18.1 Å². The quantitative estimate of drug-likeness (QED) is 0.811. The Hall–Kier alpha value is -2.70. The average molecular weight is 289 g/mol. The molecule has 7 heteroatoms. The van der Waals surface area contributed by atoms with Crippen LogP contribution in [0.3, 0.4) is 0 Å². The van der Waals surface area contributed by atoms with Crippen molar-refractivity contribution in [2.45, 2.75) is 20.4 Å². The van der Waals surface area contributed by atoms with Crippen LogP contribution in [0.1, 0.15) is 33.5 Å². The molecular formula is C14H15N3O4. The Balaban J connectivity index is 2.02. The predicted octanol–water partition coefficient (Wildman–Crippen LogP) is 1.57. The summed E-state index contributed by atoms with van der Waals surface area (Å²) in [5.41, 5.74) is 0.907. The maximum atomic E-state index is 11.5. The van der Waals surface area contributed by atoms with Crippen LogP contribution < -0.4 is 4.74 Å². The minimum absolute atomic E-state index is 0.0702. The highest BCUT2D eigenvalue weighted by Gasteiger charge is 2.15. The minimum Gasteiger partial charge on any atom is -0.491 e. The lowest BCUT2D eigenvalue weighted by Gasteiger charge is -2.10. The fourth-order valence-corrected chi connectivity index (χ4v) is 1.90. The molecule has 1 N–H and O–H groups in total. The highest BCUT2D eigenvalue weighted by molar-refractivity contribution is 5.96. The molecule has 0 saturated heterocycles. The van der Waals surface area contributed by atoms with E-state index in [1.807, 2.05) is 0 Å². The molecule has 0 aliphatic carbocycles. The molecule has 0 atom stereocenters. The van der Waals surface area contributed by atoms with E-state index in [0.717, 1.165) is 0 Å². The summed E-state index contributed by atoms with van der Waals surface area (Å²) in [7, 11) is 0. The molecule has 2 aromatic rings. The molecule has 0 saturated carbocycles. The second-order valence-electron chi connectivity index (χ2n) is 4.45. The first-order valence-electron chi connectivity index (χ1n) is 6.37. The van der Waals surface area contributed by atoms with E-state index >= 15 is 0 Å². The van der Waals surface area contributed by atoms with Gasteiger partial charge in [0, 0.05) is 0 Å². The van der Waals surface area contributed by atoms with Crippen molar-refractivity contribution >= 4 is 11.8 Å². The van der Waals surface area contributed by atoms with E-state index in [4.69, 9.17) is 9.84 Å². The number of carboxylic acid groups (broad SMARTS) is 1. The molecule has 21 heavy (non-hydrogen) atoms. The van der Waals surface area contributed by atoms with E-state index < -0.39 is 5.97 Å². The number of carbonyl (C=O) groups excluding carboxylic acids is 1. The van der Waals surface area contributed by atoms with Gasteiger partial charge in [-0.3, -0.25) is 4.79 Å². The van der Waals surface area contributed by atoms with Gasteiger partial charge in [-0.15, -0.1) is 5.10 Å². The third-order valence-corrected chi connectivity index (χ3v) is 3.01. The van der Waals surface area contributed by atoms with Gasteiger partial charge in [0.05, 0.1) is 17.8 Å². The number of ether oxygens (including phenoxy) is 1. The molecule has 1 aromatic heterocycles. The van der Waals surface area contributed by atoms with E-state index in [0.29, 0.717) is 23.6 Å². The van der Waals surface area contributed by atoms with E-state index in [2.05, 4.69) is 10.3 Å². The lowest BCUT2D eigenvalue weighted by atomic mass is 10.1. The van der Waals surface area contributed by atoms with Crippen molar-refractivity contribution in [3.05, 3.63) is 41.2 Å². The summed E-state index contributed by atoms with van der Waals surface area (Å²) in [6.07, 6.45) is 0. The smallest absolute Gasteiger partial charge is 0.358 e. The lowest BCUT2D eigenvalue weighted by molar-refractivity contribution is 0.0689. The molecule has 0 spiro atoms. The first kappa shape index (κ1) is 14.7. The lowest BCUT2D eigenvalue weighted by Crippen LogP contribution is -2.12. The minimum atomic E-state index is -1.11. The van der Waals surface area contributed by atoms with Crippen molar-refractivity contribution in [2.75, 3.05) is 6.61 Å². The van der Waals surface area contributed by atoms with E-state index in [1.165, 1.54) is 11.6 Å². The van der Waals surface area contributed by atoms with Crippen molar-refractivity contribution in [3.8, 4) is 5.75 Å². The zero-order valence-electron chi connectivity index (χ0n) is 11.7. The molecule has 110 valence electrons. The largest absolute Gasteiger partial charge is 0.491 e. The molecule has 0 unspecified atom stereocenters. The number of para-hydroxylation sites is 1. The number of ketones is 1. The van der Waals surface area contributed by atoms with Gasteiger partial charge < -0.3 is 9.84 Å². The zero-order valence-corrected chi connectivity index (χ0v) is 11.7. The Morgan fingerprint density at radius 2 is 2.05 bits per heavy atom. The molecule has 0 aliphatic heterocycles. The second-order valence-corrected chi connectivity index (χ2v) is 4.45. The number of aromatic nitrogens is 3. The van der Waals surface area contributed by atoms with Crippen molar-refractivity contribution in [1.29, 1.82) is 0 Å². The Morgan fingerprint density at radius 1 is 1.33 bits per heavy atom. The molecule has 0 amide bonds. The Morgan fingerprint density at radius 3 is 2.67 bits per heavy atom. The number of nitrogens with zero attached hydrogens (tertiary/aromatic N) is 3. The Bertz CT molecular complexity index is 679. The SMILES string of the molecule is CC(=O)c1ccccc1OCCn1nnc(C(=O)O)c1C. The molecule has 0 radical (unpaired) electrons. The zero-order chi connectivity index (χ0) is 15.4. The van der Waals surface area contributed by atoms with Crippen molar-refractivity contribution in [1.82, 2.24) is 15.0 Å². The number of aromatic carboxylic acids is 1. The van der Waals surface area contributed by atoms with Crippen LogP contribution in [0.5, 0.6) is 5.75 Å². The molecule has 0 aliphatic rings. The van der Waals surface area contributed by atoms with Crippen LogP contribution in [0.2, 0.25) is 0 Å². The summed E-state index contributed by atoms with van der Waals surface area (Å²) in [6, 6.07) is 6.96. The first-order chi connectivity index (χ1) is 10.0. The van der Waals surface area contributed by atoms with Gasteiger partial charge in [0.25, 0.3) is 0 Å². The summed E-state index contributed by atoms with van der Waals surface area (Å²) in [5.74, 6) is -0.682. The molecule has 1 aromatic carbocycles. The van der Waals surface area contributed by atoms with Gasteiger partial charge in [-0.1, -0.05) is 17.3 Å². The topological polar surface area (TPSA) is 94.3 Å². The van der Waals surface area contributed by atoms with Crippen LogP contribution in [-0.4, -0.2) is 38.5 Å². The summed E-state index contributed by atoms with van der Waals surface area (Å²) in [4.78, 5) is 22.3. The summed E-state index contributed by atoms with van der Waals surface area (Å²) < 4.78 is 7.03. The fraction of sp³-hybridized carbons (Fsp3) is 0.286. The normalized spacial score (nSPS) is 10.4. The summed E-state index contributed by atoms with van der Waals surface area (Å²) >= 11 is 0. The Kier molecular flexibility index (Phi) is 4.32. The second kappa shape index (κ2) is 6.17. The van der Waals surface area contributed by atoms with Gasteiger partial charge in [-0.05, 0) is 26.0 Å². The highest BCUT2D eigenvalue weighted by Crippen LogP contribution is 2.18. The van der Waals surface area contributed by atoms with Gasteiger partial charge in [-0.2, -0.15) is 0 Å². The van der Waals surface area contributed by atoms with Gasteiger partial charge in [0.2, 0.25) is 0 Å². The molecule has 1 heterocycles. The maximum Gasteiger partial charge on any atom is 0.358 e. The molecule has 0 bridgehead atoms. The number of benzene rings is 1. The standard InChI is InChI=1S/C14H15N3O4/c1-9-13(14(19)20)15-16-17(9)7-8-21-12-6-4-3-5-11(12)10(2)18/h3-6H,7-8H2,1-2H3,(H,19,20). The van der Waals surface area contributed by atoms with Crippen molar-refractivity contribution in [3.63, 3.8) is 0 Å². The Labute approximate surface area is 121 Å². The number of Topliss-reactive ketones (excluding diaryl/α,β-unsaturated/α-hetero) is 1. The molecule has 0 fully saturated rings. The van der Waals surface area contributed by atoms with Crippen molar-refractivity contribution < 1.29 is 19.4 Å².